The molecule has 1 aliphatic heterocycles. The van der Waals surface area contributed by atoms with Crippen molar-refractivity contribution in [3.05, 3.63) is 21.4 Å². The number of thiophene rings is 1. The summed E-state index contributed by atoms with van der Waals surface area (Å²) in [5, 5.41) is 3.01. The topological polar surface area (TPSA) is 32.3 Å². The summed E-state index contributed by atoms with van der Waals surface area (Å²) in [7, 11) is 0. The lowest BCUT2D eigenvalue weighted by molar-refractivity contribution is 0.0953. The molecule has 1 aromatic heterocycles. The SMILES string of the molecule is CC(C)CNC(=O)c1cc2c(s1)CN(C1CCCC1)C2. The Balaban J connectivity index is 1.60. The Labute approximate surface area is 125 Å². The van der Waals surface area contributed by atoms with Crippen molar-refractivity contribution in [2.24, 2.45) is 5.92 Å². The lowest BCUT2D eigenvalue weighted by atomic mass is 10.2. The maximum absolute atomic E-state index is 12.1. The van der Waals surface area contributed by atoms with Gasteiger partial charge in [-0.15, -0.1) is 11.3 Å². The molecule has 110 valence electrons. The van der Waals surface area contributed by atoms with Gasteiger partial charge in [0, 0.05) is 30.6 Å². The first kappa shape index (κ1) is 14.1. The van der Waals surface area contributed by atoms with Crippen molar-refractivity contribution in [3.63, 3.8) is 0 Å². The maximum atomic E-state index is 12.1. The van der Waals surface area contributed by atoms with E-state index in [0.717, 1.165) is 30.6 Å². The number of carbonyl (C=O) groups is 1. The van der Waals surface area contributed by atoms with E-state index in [1.165, 1.54) is 36.1 Å². The molecule has 2 aliphatic rings. The third-order valence-electron chi connectivity index (χ3n) is 4.35. The van der Waals surface area contributed by atoms with Crippen molar-refractivity contribution in [3.8, 4) is 0 Å². The molecule has 0 spiro atoms. The van der Waals surface area contributed by atoms with Gasteiger partial charge in [0.15, 0.2) is 0 Å². The van der Waals surface area contributed by atoms with Gasteiger partial charge in [-0.2, -0.15) is 0 Å². The van der Waals surface area contributed by atoms with Gasteiger partial charge in [0.05, 0.1) is 4.88 Å². The molecule has 0 unspecified atom stereocenters. The number of rotatable bonds is 4. The van der Waals surface area contributed by atoms with E-state index in [4.69, 9.17) is 0 Å². The van der Waals surface area contributed by atoms with Crippen LogP contribution in [0.3, 0.4) is 0 Å². The van der Waals surface area contributed by atoms with Gasteiger partial charge >= 0.3 is 0 Å². The molecular formula is C16H24N2OS. The summed E-state index contributed by atoms with van der Waals surface area (Å²) in [5.41, 5.74) is 1.39. The second-order valence-corrected chi connectivity index (χ2v) is 7.64. The van der Waals surface area contributed by atoms with Crippen LogP contribution in [-0.4, -0.2) is 23.4 Å². The van der Waals surface area contributed by atoms with Crippen LogP contribution in [0.4, 0.5) is 0 Å². The van der Waals surface area contributed by atoms with E-state index in [9.17, 15) is 4.79 Å². The van der Waals surface area contributed by atoms with Gasteiger partial charge in [-0.3, -0.25) is 9.69 Å². The molecule has 2 heterocycles. The van der Waals surface area contributed by atoms with Crippen LogP contribution in [-0.2, 0) is 13.1 Å². The van der Waals surface area contributed by atoms with Gasteiger partial charge in [-0.1, -0.05) is 26.7 Å². The lowest BCUT2D eigenvalue weighted by Gasteiger charge is -2.22. The van der Waals surface area contributed by atoms with Crippen LogP contribution in [0.1, 0.15) is 59.6 Å². The molecule has 1 amide bonds. The van der Waals surface area contributed by atoms with Gasteiger partial charge in [0.1, 0.15) is 0 Å². The van der Waals surface area contributed by atoms with E-state index in [2.05, 4.69) is 30.1 Å². The highest BCUT2D eigenvalue weighted by atomic mass is 32.1. The highest BCUT2D eigenvalue weighted by Gasteiger charge is 2.30. The molecule has 0 bridgehead atoms. The number of hydrogen-bond acceptors (Lipinski definition) is 3. The van der Waals surface area contributed by atoms with E-state index >= 15 is 0 Å². The Hall–Kier alpha value is -0.870. The van der Waals surface area contributed by atoms with Crippen LogP contribution in [0, 0.1) is 5.92 Å². The average Bonchev–Trinajstić information content (AvgIpc) is 3.08. The summed E-state index contributed by atoms with van der Waals surface area (Å²) in [4.78, 5) is 17.0. The molecule has 1 aliphatic carbocycles. The predicted octanol–water partition coefficient (Wildman–Crippen LogP) is 3.39. The van der Waals surface area contributed by atoms with Crippen molar-refractivity contribution < 1.29 is 4.79 Å². The minimum Gasteiger partial charge on any atom is -0.351 e. The zero-order chi connectivity index (χ0) is 14.1. The van der Waals surface area contributed by atoms with Crippen molar-refractivity contribution in [2.75, 3.05) is 6.54 Å². The van der Waals surface area contributed by atoms with Crippen LogP contribution in [0.25, 0.3) is 0 Å². The monoisotopic (exact) mass is 292 g/mol. The van der Waals surface area contributed by atoms with E-state index in [1.807, 2.05) is 0 Å². The second-order valence-electron chi connectivity index (χ2n) is 6.51. The third-order valence-corrected chi connectivity index (χ3v) is 5.51. The summed E-state index contributed by atoms with van der Waals surface area (Å²) in [5.74, 6) is 0.606. The second kappa shape index (κ2) is 5.86. The van der Waals surface area contributed by atoms with Gasteiger partial charge in [0.25, 0.3) is 5.91 Å². The molecule has 0 atom stereocenters. The first-order valence-electron chi connectivity index (χ1n) is 7.77. The fraction of sp³-hybridized carbons (Fsp3) is 0.688. The van der Waals surface area contributed by atoms with Crippen molar-refractivity contribution in [2.45, 2.75) is 58.7 Å². The summed E-state index contributed by atoms with van der Waals surface area (Å²) in [6, 6.07) is 2.90. The molecule has 1 N–H and O–H groups in total. The Bertz CT molecular complexity index is 465. The summed E-state index contributed by atoms with van der Waals surface area (Å²) in [6.45, 7) is 7.11. The fourth-order valence-corrected chi connectivity index (χ4v) is 4.33. The highest BCUT2D eigenvalue weighted by molar-refractivity contribution is 7.14. The zero-order valence-electron chi connectivity index (χ0n) is 12.4. The molecule has 3 rings (SSSR count). The Morgan fingerprint density at radius 2 is 2.15 bits per heavy atom. The molecule has 0 aromatic carbocycles. The van der Waals surface area contributed by atoms with E-state index in [0.29, 0.717) is 5.92 Å². The fourth-order valence-electron chi connectivity index (χ4n) is 3.22. The normalized spacial score (nSPS) is 19.8. The molecular weight excluding hydrogens is 268 g/mol. The minimum atomic E-state index is 0.102. The number of fused-ring (bicyclic) bond motifs is 1. The maximum Gasteiger partial charge on any atom is 0.261 e. The number of amides is 1. The smallest absolute Gasteiger partial charge is 0.261 e. The van der Waals surface area contributed by atoms with Crippen LogP contribution < -0.4 is 5.32 Å². The Morgan fingerprint density at radius 1 is 1.40 bits per heavy atom. The summed E-state index contributed by atoms with van der Waals surface area (Å²) >= 11 is 1.69. The van der Waals surface area contributed by atoms with Crippen molar-refractivity contribution in [1.82, 2.24) is 10.2 Å². The summed E-state index contributed by atoms with van der Waals surface area (Å²) in [6.07, 6.45) is 5.49. The minimum absolute atomic E-state index is 0.102. The number of nitrogens with one attached hydrogen (secondary N) is 1. The van der Waals surface area contributed by atoms with Gasteiger partial charge in [-0.05, 0) is 30.4 Å². The molecule has 1 fully saturated rings. The summed E-state index contributed by atoms with van der Waals surface area (Å²) < 4.78 is 0. The van der Waals surface area contributed by atoms with Crippen molar-refractivity contribution in [1.29, 1.82) is 0 Å². The van der Waals surface area contributed by atoms with Crippen LogP contribution in [0.15, 0.2) is 6.07 Å². The Kier molecular flexibility index (Phi) is 4.13. The standard InChI is InChI=1S/C16H24N2OS/c1-11(2)8-17-16(19)14-7-12-9-18(10-15(12)20-14)13-5-3-4-6-13/h7,11,13H,3-6,8-10H2,1-2H3,(H,17,19). The largest absolute Gasteiger partial charge is 0.351 e. The molecule has 3 nitrogen and oxygen atoms in total. The molecule has 20 heavy (non-hydrogen) atoms. The van der Waals surface area contributed by atoms with E-state index in [1.54, 1.807) is 11.3 Å². The number of hydrogen-bond donors (Lipinski definition) is 1. The first-order chi connectivity index (χ1) is 9.63. The zero-order valence-corrected chi connectivity index (χ0v) is 13.3. The quantitative estimate of drug-likeness (QED) is 0.922. The Morgan fingerprint density at radius 3 is 2.80 bits per heavy atom. The third kappa shape index (κ3) is 2.91. The van der Waals surface area contributed by atoms with Crippen LogP contribution in [0.2, 0.25) is 0 Å². The average molecular weight is 292 g/mol. The van der Waals surface area contributed by atoms with E-state index < -0.39 is 0 Å². The van der Waals surface area contributed by atoms with Gasteiger partial charge in [-0.25, -0.2) is 0 Å². The number of carbonyl (C=O) groups excluding carboxylic acids is 1. The van der Waals surface area contributed by atoms with Crippen LogP contribution in [0.5, 0.6) is 0 Å². The van der Waals surface area contributed by atoms with Gasteiger partial charge < -0.3 is 5.32 Å². The highest BCUT2D eigenvalue weighted by Crippen LogP contribution is 2.35. The first-order valence-corrected chi connectivity index (χ1v) is 8.59. The predicted molar refractivity (Wildman–Crippen MR) is 83.0 cm³/mol. The number of nitrogens with zero attached hydrogens (tertiary/aromatic N) is 1. The molecule has 0 saturated heterocycles. The van der Waals surface area contributed by atoms with Gasteiger partial charge in [0.2, 0.25) is 0 Å². The van der Waals surface area contributed by atoms with Crippen molar-refractivity contribution >= 4 is 17.2 Å². The molecule has 1 saturated carbocycles. The van der Waals surface area contributed by atoms with E-state index in [-0.39, 0.29) is 5.91 Å². The van der Waals surface area contributed by atoms with Crippen LogP contribution >= 0.6 is 11.3 Å². The molecule has 0 radical (unpaired) electrons. The molecule has 1 aromatic rings. The molecule has 4 heteroatoms. The lowest BCUT2D eigenvalue weighted by Crippen LogP contribution is -2.28.